The average molecular weight is 349 g/mol. The van der Waals surface area contributed by atoms with Gasteiger partial charge >= 0.3 is 0 Å². The van der Waals surface area contributed by atoms with E-state index in [0.717, 1.165) is 5.56 Å². The van der Waals surface area contributed by atoms with Crippen molar-refractivity contribution in [2.75, 3.05) is 6.61 Å². The lowest BCUT2D eigenvalue weighted by Gasteiger charge is -2.09. The first-order valence-electron chi connectivity index (χ1n) is 7.79. The average Bonchev–Trinajstić information content (AvgIpc) is 2.54. The van der Waals surface area contributed by atoms with Crippen LogP contribution in [0.4, 0.5) is 0 Å². The van der Waals surface area contributed by atoms with E-state index >= 15 is 0 Å². The number of H-pyrrole nitrogens is 1. The molecule has 0 fully saturated rings. The summed E-state index contributed by atoms with van der Waals surface area (Å²) in [5.74, 6) is 0.509. The van der Waals surface area contributed by atoms with Crippen molar-refractivity contribution in [3.63, 3.8) is 0 Å². The molecule has 0 unspecified atom stereocenters. The lowest BCUT2D eigenvalue weighted by Crippen LogP contribution is -2.25. The minimum Gasteiger partial charge on any atom is -0.488 e. The predicted molar refractivity (Wildman–Crippen MR) is 94.4 cm³/mol. The Hall–Kier alpha value is -2.27. The Balaban J connectivity index is 1.87. The standard InChI is InChI=1S/C18H21ClN2O3/c1-12(2)11-24-17-10-20-15(8-16(17)22)9-21-18(23)7-13-3-5-14(19)6-4-13/h3-6,8,10,12H,7,9,11H2,1-2H3,(H,20,22)(H,21,23). The van der Waals surface area contributed by atoms with E-state index in [4.69, 9.17) is 16.3 Å². The van der Waals surface area contributed by atoms with Crippen LogP contribution in [0.15, 0.2) is 41.3 Å². The van der Waals surface area contributed by atoms with E-state index in [1.807, 2.05) is 26.0 Å². The molecule has 24 heavy (non-hydrogen) atoms. The van der Waals surface area contributed by atoms with Crippen molar-refractivity contribution < 1.29 is 9.53 Å². The molecule has 2 N–H and O–H groups in total. The second kappa shape index (κ2) is 8.55. The number of nitrogens with one attached hydrogen (secondary N) is 2. The van der Waals surface area contributed by atoms with Crippen LogP contribution in [0.1, 0.15) is 25.1 Å². The third-order valence-corrected chi connectivity index (χ3v) is 3.51. The second-order valence-corrected chi connectivity index (χ2v) is 6.41. The first kappa shape index (κ1) is 18.1. The van der Waals surface area contributed by atoms with E-state index in [0.29, 0.717) is 29.0 Å². The van der Waals surface area contributed by atoms with Crippen LogP contribution in [0.25, 0.3) is 0 Å². The molecule has 2 rings (SSSR count). The van der Waals surface area contributed by atoms with Crippen LogP contribution < -0.4 is 15.5 Å². The Morgan fingerprint density at radius 1 is 1.29 bits per heavy atom. The molecule has 0 saturated heterocycles. The summed E-state index contributed by atoms with van der Waals surface area (Å²) in [6.45, 7) is 4.77. The maximum atomic E-state index is 11.9. The lowest BCUT2D eigenvalue weighted by atomic mass is 10.1. The molecular formula is C18H21ClN2O3. The highest BCUT2D eigenvalue weighted by Crippen LogP contribution is 2.10. The van der Waals surface area contributed by atoms with Crippen LogP contribution in [0.5, 0.6) is 5.75 Å². The van der Waals surface area contributed by atoms with Crippen molar-refractivity contribution >= 4 is 17.5 Å². The normalized spacial score (nSPS) is 10.7. The first-order chi connectivity index (χ1) is 11.4. The second-order valence-electron chi connectivity index (χ2n) is 5.97. The van der Waals surface area contributed by atoms with Gasteiger partial charge in [0.05, 0.1) is 19.6 Å². The molecule has 1 heterocycles. The molecule has 0 aliphatic rings. The van der Waals surface area contributed by atoms with E-state index in [-0.39, 0.29) is 24.3 Å². The van der Waals surface area contributed by atoms with Crippen LogP contribution >= 0.6 is 11.6 Å². The van der Waals surface area contributed by atoms with Crippen molar-refractivity contribution in [3.05, 3.63) is 63.0 Å². The summed E-state index contributed by atoms with van der Waals surface area (Å²) in [6.07, 6.45) is 1.79. The minimum atomic E-state index is -0.198. The van der Waals surface area contributed by atoms with Crippen molar-refractivity contribution in [2.45, 2.75) is 26.8 Å². The molecule has 0 bridgehead atoms. The first-order valence-corrected chi connectivity index (χ1v) is 8.17. The van der Waals surface area contributed by atoms with Gasteiger partial charge in [-0.25, -0.2) is 0 Å². The number of benzene rings is 1. The topological polar surface area (TPSA) is 71.2 Å². The van der Waals surface area contributed by atoms with Gasteiger partial charge in [0.2, 0.25) is 11.3 Å². The van der Waals surface area contributed by atoms with E-state index in [2.05, 4.69) is 10.3 Å². The molecule has 0 saturated carbocycles. The third-order valence-electron chi connectivity index (χ3n) is 3.26. The van der Waals surface area contributed by atoms with E-state index < -0.39 is 0 Å². The fourth-order valence-corrected chi connectivity index (χ4v) is 2.14. The summed E-state index contributed by atoms with van der Waals surface area (Å²) >= 11 is 5.81. The maximum absolute atomic E-state index is 11.9. The van der Waals surface area contributed by atoms with E-state index in [1.54, 1.807) is 12.1 Å². The zero-order valence-corrected chi connectivity index (χ0v) is 14.5. The van der Waals surface area contributed by atoms with Crippen LogP contribution in [-0.4, -0.2) is 17.5 Å². The Bertz CT molecular complexity index is 739. The number of hydrogen-bond acceptors (Lipinski definition) is 3. The van der Waals surface area contributed by atoms with Gasteiger partial charge in [0.1, 0.15) is 0 Å². The van der Waals surface area contributed by atoms with Gasteiger partial charge < -0.3 is 15.0 Å². The molecule has 0 aliphatic carbocycles. The number of halogens is 1. The summed E-state index contributed by atoms with van der Waals surface area (Å²) in [7, 11) is 0. The minimum absolute atomic E-state index is 0.127. The highest BCUT2D eigenvalue weighted by atomic mass is 35.5. The van der Waals surface area contributed by atoms with Gasteiger partial charge in [0, 0.05) is 23.0 Å². The summed E-state index contributed by atoms with van der Waals surface area (Å²) in [4.78, 5) is 26.9. The van der Waals surface area contributed by atoms with Crippen LogP contribution in [0.3, 0.4) is 0 Å². The van der Waals surface area contributed by atoms with Gasteiger partial charge in [-0.05, 0) is 23.6 Å². The number of aromatic nitrogens is 1. The molecule has 1 amide bonds. The SMILES string of the molecule is CC(C)COc1c[nH]c(CNC(=O)Cc2ccc(Cl)cc2)cc1=O. The van der Waals surface area contributed by atoms with Gasteiger partial charge in [0.15, 0.2) is 5.75 Å². The predicted octanol–water partition coefficient (Wildman–Crippen LogP) is 2.92. The number of ether oxygens (including phenoxy) is 1. The number of rotatable bonds is 7. The Morgan fingerprint density at radius 3 is 2.62 bits per heavy atom. The third kappa shape index (κ3) is 5.74. The molecule has 1 aromatic heterocycles. The number of hydrogen-bond donors (Lipinski definition) is 2. The molecule has 0 aliphatic heterocycles. The summed E-state index contributed by atoms with van der Waals surface area (Å²) in [5.41, 5.74) is 1.31. The molecule has 1 aromatic carbocycles. The number of amides is 1. The zero-order valence-electron chi connectivity index (χ0n) is 13.8. The van der Waals surface area contributed by atoms with Crippen LogP contribution in [-0.2, 0) is 17.8 Å². The van der Waals surface area contributed by atoms with Crippen LogP contribution in [0, 0.1) is 5.92 Å². The summed E-state index contributed by atoms with van der Waals surface area (Å²) in [6, 6.07) is 8.56. The van der Waals surface area contributed by atoms with Crippen molar-refractivity contribution in [2.24, 2.45) is 5.92 Å². The number of carbonyl (C=O) groups is 1. The number of aromatic amines is 1. The molecule has 5 nitrogen and oxygen atoms in total. The Morgan fingerprint density at radius 2 is 2.00 bits per heavy atom. The highest BCUT2D eigenvalue weighted by Gasteiger charge is 2.06. The molecular weight excluding hydrogens is 328 g/mol. The Labute approximate surface area is 146 Å². The highest BCUT2D eigenvalue weighted by molar-refractivity contribution is 6.30. The van der Waals surface area contributed by atoms with E-state index in [9.17, 15) is 9.59 Å². The van der Waals surface area contributed by atoms with Gasteiger partial charge in [-0.3, -0.25) is 9.59 Å². The quantitative estimate of drug-likeness (QED) is 0.808. The van der Waals surface area contributed by atoms with Crippen molar-refractivity contribution in [1.82, 2.24) is 10.3 Å². The summed E-state index contributed by atoms with van der Waals surface area (Å²) < 4.78 is 5.43. The molecule has 128 valence electrons. The number of carbonyl (C=O) groups excluding carboxylic acids is 1. The number of pyridine rings is 1. The largest absolute Gasteiger partial charge is 0.488 e. The molecule has 2 aromatic rings. The molecule has 0 radical (unpaired) electrons. The van der Waals surface area contributed by atoms with Gasteiger partial charge in [-0.1, -0.05) is 37.6 Å². The van der Waals surface area contributed by atoms with Crippen molar-refractivity contribution in [3.8, 4) is 5.75 Å². The van der Waals surface area contributed by atoms with E-state index in [1.165, 1.54) is 12.3 Å². The summed E-state index contributed by atoms with van der Waals surface area (Å²) in [5, 5.41) is 3.41. The Kier molecular flexibility index (Phi) is 6.44. The molecule has 0 atom stereocenters. The van der Waals surface area contributed by atoms with Crippen molar-refractivity contribution in [1.29, 1.82) is 0 Å². The van der Waals surface area contributed by atoms with Gasteiger partial charge in [-0.15, -0.1) is 0 Å². The monoisotopic (exact) mass is 348 g/mol. The zero-order chi connectivity index (χ0) is 17.5. The molecule has 6 heteroatoms. The molecule has 0 spiro atoms. The smallest absolute Gasteiger partial charge is 0.224 e. The fourth-order valence-electron chi connectivity index (χ4n) is 2.02. The fraction of sp³-hybridized carbons (Fsp3) is 0.333. The van der Waals surface area contributed by atoms with Crippen LogP contribution in [0.2, 0.25) is 5.02 Å². The lowest BCUT2D eigenvalue weighted by molar-refractivity contribution is -0.120. The van der Waals surface area contributed by atoms with Gasteiger partial charge in [-0.2, -0.15) is 0 Å². The maximum Gasteiger partial charge on any atom is 0.224 e. The van der Waals surface area contributed by atoms with Gasteiger partial charge in [0.25, 0.3) is 0 Å².